The third-order valence-electron chi connectivity index (χ3n) is 4.05. The average molecular weight is 417 g/mol. The molecule has 1 saturated heterocycles. The number of imide groups is 1. The van der Waals surface area contributed by atoms with Crippen molar-refractivity contribution in [2.75, 3.05) is 13.2 Å². The van der Waals surface area contributed by atoms with Crippen molar-refractivity contribution in [3.63, 3.8) is 0 Å². The Kier molecular flexibility index (Phi) is 8.19. The molecule has 0 spiro atoms. The SMILES string of the molecule is C=CC(C)(C)OC1COCC(N(C(=O)O)C(=O)OC(C)(C)C)C(=O)OC(C)C1O. The summed E-state index contributed by atoms with van der Waals surface area (Å²) in [5.74, 6) is -1.05. The minimum atomic E-state index is -1.70. The number of nitrogens with zero attached hydrogens (tertiary/aromatic N) is 1. The van der Waals surface area contributed by atoms with E-state index in [1.165, 1.54) is 6.92 Å². The summed E-state index contributed by atoms with van der Waals surface area (Å²) < 4.78 is 21.5. The number of aliphatic hydroxyl groups is 1. The number of carbonyl (C=O) groups excluding carboxylic acids is 2. The molecule has 0 radical (unpaired) electrons. The van der Waals surface area contributed by atoms with E-state index < -0.39 is 60.3 Å². The second-order valence-corrected chi connectivity index (χ2v) is 8.28. The Hall–Kier alpha value is -2.17. The van der Waals surface area contributed by atoms with E-state index in [2.05, 4.69) is 6.58 Å². The fraction of sp³-hybridized carbons (Fsp3) is 0.737. The van der Waals surface area contributed by atoms with Gasteiger partial charge in [-0.2, -0.15) is 4.90 Å². The van der Waals surface area contributed by atoms with E-state index in [1.807, 2.05) is 0 Å². The van der Waals surface area contributed by atoms with E-state index in [0.717, 1.165) is 0 Å². The predicted molar refractivity (Wildman–Crippen MR) is 101 cm³/mol. The Balaban J connectivity index is 3.10. The number of rotatable bonds is 4. The maximum Gasteiger partial charge on any atom is 0.420 e. The van der Waals surface area contributed by atoms with Gasteiger partial charge in [0, 0.05) is 0 Å². The van der Waals surface area contributed by atoms with Crippen LogP contribution in [0.15, 0.2) is 12.7 Å². The van der Waals surface area contributed by atoms with Crippen LogP contribution >= 0.6 is 0 Å². The molecular formula is C19H31NO9. The summed E-state index contributed by atoms with van der Waals surface area (Å²) in [6, 6.07) is -1.61. The highest BCUT2D eigenvalue weighted by atomic mass is 16.6. The quantitative estimate of drug-likeness (QED) is 0.520. The average Bonchev–Trinajstić information content (AvgIpc) is 2.60. The summed E-state index contributed by atoms with van der Waals surface area (Å²) in [5.41, 5.74) is -1.78. The lowest BCUT2D eigenvalue weighted by Gasteiger charge is -2.32. The van der Waals surface area contributed by atoms with Crippen LogP contribution in [-0.4, -0.2) is 82.0 Å². The van der Waals surface area contributed by atoms with Gasteiger partial charge in [0.05, 0.1) is 18.8 Å². The lowest BCUT2D eigenvalue weighted by Crippen LogP contribution is -2.53. The first kappa shape index (κ1) is 24.9. The maximum atomic E-state index is 12.6. The third-order valence-corrected chi connectivity index (χ3v) is 4.05. The molecule has 0 aromatic carbocycles. The Bertz CT molecular complexity index is 626. The lowest BCUT2D eigenvalue weighted by molar-refractivity contribution is -0.169. The number of aliphatic hydroxyl groups excluding tert-OH is 1. The fourth-order valence-electron chi connectivity index (χ4n) is 2.47. The van der Waals surface area contributed by atoms with Crippen LogP contribution < -0.4 is 0 Å². The largest absolute Gasteiger partial charge is 0.464 e. The summed E-state index contributed by atoms with van der Waals surface area (Å²) in [6.07, 6.45) is -4.57. The summed E-state index contributed by atoms with van der Waals surface area (Å²) in [5, 5.41) is 20.0. The molecule has 10 heteroatoms. The Morgan fingerprint density at radius 3 is 2.31 bits per heavy atom. The van der Waals surface area contributed by atoms with Gasteiger partial charge in [0.25, 0.3) is 0 Å². The van der Waals surface area contributed by atoms with Crippen molar-refractivity contribution in [1.82, 2.24) is 4.90 Å². The first-order valence-corrected chi connectivity index (χ1v) is 9.21. The molecule has 29 heavy (non-hydrogen) atoms. The normalized spacial score (nSPS) is 26.4. The molecule has 1 rings (SSSR count). The third kappa shape index (κ3) is 7.30. The van der Waals surface area contributed by atoms with Gasteiger partial charge in [0.2, 0.25) is 0 Å². The van der Waals surface area contributed by atoms with Gasteiger partial charge >= 0.3 is 18.2 Å². The van der Waals surface area contributed by atoms with E-state index in [1.54, 1.807) is 40.7 Å². The van der Waals surface area contributed by atoms with Crippen LogP contribution in [0, 0.1) is 0 Å². The molecule has 4 unspecified atom stereocenters. The lowest BCUT2D eigenvalue weighted by atomic mass is 10.1. The monoisotopic (exact) mass is 417 g/mol. The number of cyclic esters (lactones) is 1. The molecule has 2 N–H and O–H groups in total. The van der Waals surface area contributed by atoms with Gasteiger partial charge in [0.15, 0.2) is 6.04 Å². The van der Waals surface area contributed by atoms with Crippen molar-refractivity contribution in [2.24, 2.45) is 0 Å². The molecule has 0 aromatic rings. The molecule has 0 aromatic heterocycles. The molecule has 1 fully saturated rings. The summed E-state index contributed by atoms with van der Waals surface area (Å²) in [6.45, 7) is 12.6. The van der Waals surface area contributed by atoms with E-state index in [0.29, 0.717) is 0 Å². The van der Waals surface area contributed by atoms with Gasteiger partial charge in [-0.1, -0.05) is 6.08 Å². The first-order chi connectivity index (χ1) is 13.2. The van der Waals surface area contributed by atoms with Gasteiger partial charge < -0.3 is 29.2 Å². The van der Waals surface area contributed by atoms with Gasteiger partial charge in [-0.25, -0.2) is 14.4 Å². The van der Waals surface area contributed by atoms with Gasteiger partial charge in [0.1, 0.15) is 23.9 Å². The first-order valence-electron chi connectivity index (χ1n) is 9.21. The van der Waals surface area contributed by atoms with Crippen molar-refractivity contribution >= 4 is 18.2 Å². The number of hydrogen-bond donors (Lipinski definition) is 2. The van der Waals surface area contributed by atoms with Gasteiger partial charge in [-0.15, -0.1) is 6.58 Å². The Morgan fingerprint density at radius 1 is 1.24 bits per heavy atom. The highest BCUT2D eigenvalue weighted by Gasteiger charge is 2.42. The maximum absolute atomic E-state index is 12.6. The molecule has 1 heterocycles. The van der Waals surface area contributed by atoms with E-state index in [4.69, 9.17) is 18.9 Å². The van der Waals surface area contributed by atoms with E-state index >= 15 is 0 Å². The zero-order chi connectivity index (χ0) is 22.6. The molecule has 0 bridgehead atoms. The van der Waals surface area contributed by atoms with Crippen LogP contribution in [-0.2, 0) is 23.7 Å². The van der Waals surface area contributed by atoms with Gasteiger partial charge in [-0.05, 0) is 41.5 Å². The van der Waals surface area contributed by atoms with Crippen LogP contribution in [0.4, 0.5) is 9.59 Å². The minimum Gasteiger partial charge on any atom is -0.464 e. The van der Waals surface area contributed by atoms with Crippen LogP contribution in [0.5, 0.6) is 0 Å². The smallest absolute Gasteiger partial charge is 0.420 e. The molecule has 1 aliphatic rings. The predicted octanol–water partition coefficient (Wildman–Crippen LogP) is 1.94. The number of hydrogen-bond acceptors (Lipinski definition) is 8. The van der Waals surface area contributed by atoms with Crippen LogP contribution in [0.2, 0.25) is 0 Å². The zero-order valence-corrected chi connectivity index (χ0v) is 17.7. The Labute approximate surface area is 170 Å². The van der Waals surface area contributed by atoms with Crippen LogP contribution in [0.3, 0.4) is 0 Å². The second-order valence-electron chi connectivity index (χ2n) is 8.28. The highest BCUT2D eigenvalue weighted by Crippen LogP contribution is 2.21. The van der Waals surface area contributed by atoms with Crippen LogP contribution in [0.25, 0.3) is 0 Å². The number of carboxylic acid groups (broad SMARTS) is 1. The molecule has 10 nitrogen and oxygen atoms in total. The number of carbonyl (C=O) groups is 3. The molecule has 1 aliphatic heterocycles. The zero-order valence-electron chi connectivity index (χ0n) is 17.7. The van der Waals surface area contributed by atoms with E-state index in [9.17, 15) is 24.6 Å². The Morgan fingerprint density at radius 2 is 1.83 bits per heavy atom. The fourth-order valence-corrected chi connectivity index (χ4v) is 2.47. The summed E-state index contributed by atoms with van der Waals surface area (Å²) in [4.78, 5) is 36.8. The summed E-state index contributed by atoms with van der Waals surface area (Å²) >= 11 is 0. The van der Waals surface area contributed by atoms with Gasteiger partial charge in [-0.3, -0.25) is 0 Å². The topological polar surface area (TPSA) is 132 Å². The van der Waals surface area contributed by atoms with Crippen LogP contribution in [0.1, 0.15) is 41.5 Å². The molecule has 2 amide bonds. The molecular weight excluding hydrogens is 386 g/mol. The molecule has 0 saturated carbocycles. The standard InChI is InChI=1S/C19H31NO9/c1-8-19(6,7)28-13-10-26-9-12(15(22)27-11(2)14(13)21)20(16(23)24)17(25)29-18(3,4)5/h8,11-14,21H,1,9-10H2,2-7H3,(H,23,24). The molecule has 4 atom stereocenters. The summed E-state index contributed by atoms with van der Waals surface area (Å²) in [7, 11) is 0. The molecule has 0 aliphatic carbocycles. The van der Waals surface area contributed by atoms with E-state index in [-0.39, 0.29) is 11.5 Å². The second kappa shape index (κ2) is 9.55. The van der Waals surface area contributed by atoms with Crippen molar-refractivity contribution in [3.8, 4) is 0 Å². The molecule has 166 valence electrons. The minimum absolute atomic E-state index is 0.169. The number of esters is 1. The van der Waals surface area contributed by atoms with Crippen molar-refractivity contribution in [2.45, 2.75) is 77.1 Å². The van der Waals surface area contributed by atoms with Crippen molar-refractivity contribution in [1.29, 1.82) is 0 Å². The highest BCUT2D eigenvalue weighted by molar-refractivity contribution is 5.93. The van der Waals surface area contributed by atoms with Crippen molar-refractivity contribution in [3.05, 3.63) is 12.7 Å². The number of ether oxygens (including phenoxy) is 4. The van der Waals surface area contributed by atoms with Crippen molar-refractivity contribution < 1.29 is 43.5 Å². The number of amides is 2.